The van der Waals surface area contributed by atoms with Crippen molar-refractivity contribution in [2.45, 2.75) is 18.0 Å². The predicted molar refractivity (Wildman–Crippen MR) is 123 cm³/mol. The van der Waals surface area contributed by atoms with Crippen LogP contribution in [-0.2, 0) is 14.6 Å². The Labute approximate surface area is 209 Å². The number of aromatic nitrogens is 3. The van der Waals surface area contributed by atoms with Gasteiger partial charge in [-0.1, -0.05) is 0 Å². The number of hydrogen-bond donors (Lipinski definition) is 4. The van der Waals surface area contributed by atoms with E-state index >= 15 is 0 Å². The summed E-state index contributed by atoms with van der Waals surface area (Å²) in [7, 11) is -3.79. The number of nitrogens with zero attached hydrogens (tertiary/aromatic N) is 2. The van der Waals surface area contributed by atoms with Gasteiger partial charge in [-0.2, -0.15) is 18.2 Å². The van der Waals surface area contributed by atoms with Crippen LogP contribution in [0.3, 0.4) is 0 Å². The minimum absolute atomic E-state index is 0.0514. The SMILES string of the molecule is Cc1cc(Nc2nc(Nc3ccc(F)c(S(C)(=O)=O)c3)ncc2F)cc2[nH]c(=O)oc12.O=C(O)C(F)(F)F. The summed E-state index contributed by atoms with van der Waals surface area (Å²) in [5, 5.41) is 12.6. The molecule has 4 rings (SSSR count). The molecule has 11 nitrogen and oxygen atoms in total. The van der Waals surface area contributed by atoms with Crippen LogP contribution in [0.15, 0.2) is 50.6 Å². The van der Waals surface area contributed by atoms with Gasteiger partial charge in [0.2, 0.25) is 5.95 Å². The lowest BCUT2D eigenvalue weighted by Crippen LogP contribution is -2.21. The van der Waals surface area contributed by atoms with Gasteiger partial charge in [-0.05, 0) is 42.8 Å². The summed E-state index contributed by atoms with van der Waals surface area (Å²) < 4.78 is 88.2. The number of sulfone groups is 1. The monoisotopic (exact) mass is 561 g/mol. The topological polar surface area (TPSA) is 167 Å². The van der Waals surface area contributed by atoms with Gasteiger partial charge in [0.25, 0.3) is 0 Å². The highest BCUT2D eigenvalue weighted by Crippen LogP contribution is 2.26. The molecule has 2 aromatic carbocycles. The van der Waals surface area contributed by atoms with Gasteiger partial charge in [0.1, 0.15) is 10.7 Å². The molecule has 0 aliphatic carbocycles. The van der Waals surface area contributed by atoms with Crippen molar-refractivity contribution in [1.29, 1.82) is 0 Å². The van der Waals surface area contributed by atoms with E-state index in [9.17, 15) is 35.2 Å². The Balaban J connectivity index is 0.000000505. The summed E-state index contributed by atoms with van der Waals surface area (Å²) in [6.45, 7) is 1.72. The molecule has 0 aliphatic rings. The zero-order valence-corrected chi connectivity index (χ0v) is 20.0. The molecule has 4 aromatic rings. The van der Waals surface area contributed by atoms with Gasteiger partial charge in [0, 0.05) is 17.6 Å². The molecule has 38 heavy (non-hydrogen) atoms. The molecule has 0 unspecified atom stereocenters. The fourth-order valence-corrected chi connectivity index (χ4v) is 3.71. The Morgan fingerprint density at radius 3 is 2.34 bits per heavy atom. The van der Waals surface area contributed by atoms with Crippen LogP contribution in [0.5, 0.6) is 0 Å². The van der Waals surface area contributed by atoms with Gasteiger partial charge in [-0.25, -0.2) is 31.8 Å². The molecule has 17 heteroatoms. The molecule has 0 saturated heterocycles. The molecular weight excluding hydrogens is 545 g/mol. The van der Waals surface area contributed by atoms with Crippen LogP contribution >= 0.6 is 0 Å². The third kappa shape index (κ3) is 6.81. The molecule has 0 radical (unpaired) electrons. The minimum Gasteiger partial charge on any atom is -0.475 e. The number of nitrogens with one attached hydrogen (secondary N) is 3. The summed E-state index contributed by atoms with van der Waals surface area (Å²) in [4.78, 5) is 30.2. The van der Waals surface area contributed by atoms with E-state index in [2.05, 4.69) is 25.6 Å². The number of H-pyrrole nitrogens is 1. The Bertz CT molecular complexity index is 1680. The van der Waals surface area contributed by atoms with Crippen LogP contribution in [0.25, 0.3) is 11.1 Å². The number of aromatic amines is 1. The molecule has 0 bridgehead atoms. The average molecular weight is 561 g/mol. The van der Waals surface area contributed by atoms with Gasteiger partial charge in [-0.3, -0.25) is 4.98 Å². The number of halogens is 5. The molecule has 0 amide bonds. The minimum atomic E-state index is -5.08. The highest BCUT2D eigenvalue weighted by Gasteiger charge is 2.38. The Hall–Kier alpha value is -4.54. The fourth-order valence-electron chi connectivity index (χ4n) is 2.95. The molecular formula is C21H16F5N5O6S. The number of aliphatic carboxylic acids is 1. The lowest BCUT2D eigenvalue weighted by molar-refractivity contribution is -0.192. The van der Waals surface area contributed by atoms with Gasteiger partial charge in [0.15, 0.2) is 27.1 Å². The van der Waals surface area contributed by atoms with Crippen molar-refractivity contribution < 1.29 is 44.7 Å². The zero-order chi connectivity index (χ0) is 28.4. The standard InChI is InChI=1S/C19H15F2N5O4S.C2HF3O2/c1-9-5-11(6-14-16(9)30-19(27)25-14)23-17-13(21)8-22-18(26-17)24-10-3-4-12(20)15(7-10)31(2,28)29;3-2(4,5)1(6)7/h3-8H,1-2H3,(H,25,27)(H2,22,23,24,26);(H,6,7). The predicted octanol–water partition coefficient (Wildman–Crippen LogP) is 4.02. The van der Waals surface area contributed by atoms with E-state index in [0.29, 0.717) is 22.4 Å². The van der Waals surface area contributed by atoms with E-state index in [4.69, 9.17) is 14.3 Å². The van der Waals surface area contributed by atoms with Gasteiger partial charge < -0.3 is 20.2 Å². The summed E-state index contributed by atoms with van der Waals surface area (Å²) in [5.41, 5.74) is 2.10. The summed E-state index contributed by atoms with van der Waals surface area (Å²) in [6.07, 6.45) is -3.28. The first-order valence-corrected chi connectivity index (χ1v) is 11.9. The van der Waals surface area contributed by atoms with Crippen LogP contribution in [0.2, 0.25) is 0 Å². The molecule has 2 heterocycles. The van der Waals surface area contributed by atoms with E-state index in [-0.39, 0.29) is 17.5 Å². The number of carboxylic acids is 1. The second-order valence-corrected chi connectivity index (χ2v) is 9.53. The van der Waals surface area contributed by atoms with Gasteiger partial charge in [0.05, 0.1) is 11.7 Å². The molecule has 0 fully saturated rings. The summed E-state index contributed by atoms with van der Waals surface area (Å²) in [5.74, 6) is -5.23. The van der Waals surface area contributed by atoms with Crippen LogP contribution in [-0.4, -0.2) is 46.9 Å². The molecule has 0 saturated carbocycles. The van der Waals surface area contributed by atoms with Crippen LogP contribution < -0.4 is 16.4 Å². The van der Waals surface area contributed by atoms with Crippen LogP contribution in [0.4, 0.5) is 45.1 Å². The van der Waals surface area contributed by atoms with Crippen molar-refractivity contribution >= 4 is 50.0 Å². The normalized spacial score (nSPS) is 11.6. The first kappa shape index (κ1) is 28.0. The largest absolute Gasteiger partial charge is 0.490 e. The van der Waals surface area contributed by atoms with E-state index < -0.39 is 44.3 Å². The second-order valence-electron chi connectivity index (χ2n) is 7.54. The smallest absolute Gasteiger partial charge is 0.475 e. The number of anilines is 4. The van der Waals surface area contributed by atoms with Crippen molar-refractivity contribution in [2.24, 2.45) is 0 Å². The highest BCUT2D eigenvalue weighted by molar-refractivity contribution is 7.90. The number of carboxylic acid groups (broad SMARTS) is 1. The Kier molecular flexibility index (Phi) is 7.71. The number of carbonyl (C=O) groups is 1. The van der Waals surface area contributed by atoms with Crippen molar-refractivity contribution in [3.05, 3.63) is 64.3 Å². The van der Waals surface area contributed by atoms with Crippen molar-refractivity contribution in [2.75, 3.05) is 16.9 Å². The first-order chi connectivity index (χ1) is 17.5. The fraction of sp³-hybridized carbons (Fsp3) is 0.143. The van der Waals surface area contributed by atoms with E-state index in [0.717, 1.165) is 24.6 Å². The lowest BCUT2D eigenvalue weighted by Gasteiger charge is -2.11. The number of aryl methyl sites for hydroxylation is 1. The number of alkyl halides is 3. The molecule has 0 atom stereocenters. The molecule has 202 valence electrons. The quantitative estimate of drug-likeness (QED) is 0.261. The number of hydrogen-bond acceptors (Lipinski definition) is 9. The molecule has 4 N–H and O–H groups in total. The molecule has 2 aromatic heterocycles. The average Bonchev–Trinajstić information content (AvgIpc) is 3.17. The maximum Gasteiger partial charge on any atom is 0.490 e. The van der Waals surface area contributed by atoms with Gasteiger partial charge >= 0.3 is 17.9 Å². The van der Waals surface area contributed by atoms with Crippen molar-refractivity contribution in [1.82, 2.24) is 15.0 Å². The highest BCUT2D eigenvalue weighted by atomic mass is 32.2. The second kappa shape index (κ2) is 10.4. The number of oxazole rings is 1. The summed E-state index contributed by atoms with van der Waals surface area (Å²) in [6, 6.07) is 6.59. The number of fused-ring (bicyclic) bond motifs is 1. The summed E-state index contributed by atoms with van der Waals surface area (Å²) >= 11 is 0. The number of rotatable bonds is 5. The van der Waals surface area contributed by atoms with Gasteiger partial charge in [-0.15, -0.1) is 0 Å². The maximum absolute atomic E-state index is 14.3. The third-order valence-corrected chi connectivity index (χ3v) is 5.65. The number of benzene rings is 2. The Morgan fingerprint density at radius 2 is 1.74 bits per heavy atom. The van der Waals surface area contributed by atoms with E-state index in [1.165, 1.54) is 6.07 Å². The van der Waals surface area contributed by atoms with Crippen molar-refractivity contribution in [3.63, 3.8) is 0 Å². The van der Waals surface area contributed by atoms with Crippen molar-refractivity contribution in [3.8, 4) is 0 Å². The Morgan fingerprint density at radius 1 is 1.08 bits per heavy atom. The zero-order valence-electron chi connectivity index (χ0n) is 19.1. The first-order valence-electron chi connectivity index (χ1n) is 10.0. The molecule has 0 aliphatic heterocycles. The third-order valence-electron chi connectivity index (χ3n) is 4.54. The maximum atomic E-state index is 14.3. The van der Waals surface area contributed by atoms with Crippen LogP contribution in [0, 0.1) is 18.6 Å². The lowest BCUT2D eigenvalue weighted by atomic mass is 10.2. The van der Waals surface area contributed by atoms with E-state index in [1.807, 2.05) is 0 Å². The molecule has 0 spiro atoms. The van der Waals surface area contributed by atoms with Crippen LogP contribution in [0.1, 0.15) is 5.56 Å². The van der Waals surface area contributed by atoms with E-state index in [1.54, 1.807) is 19.1 Å².